The van der Waals surface area contributed by atoms with Gasteiger partial charge in [0.2, 0.25) is 0 Å². The highest BCUT2D eigenvalue weighted by molar-refractivity contribution is 5.37. The lowest BCUT2D eigenvalue weighted by molar-refractivity contribution is -0.111. The predicted octanol–water partition coefficient (Wildman–Crippen LogP) is 4.04. The van der Waals surface area contributed by atoms with Crippen molar-refractivity contribution in [2.75, 3.05) is 39.3 Å². The van der Waals surface area contributed by atoms with E-state index in [9.17, 15) is 0 Å². The van der Waals surface area contributed by atoms with E-state index >= 15 is 0 Å². The SMILES string of the molecule is CCC.c1cc(OC2CCC2)c2c(n1)CCN(CCCN1CC3(CCCO3)C1)C2. The monoisotopic (exact) mass is 401 g/mol. The molecule has 0 unspecified atom stereocenters. The fourth-order valence-corrected chi connectivity index (χ4v) is 4.89. The van der Waals surface area contributed by atoms with E-state index in [2.05, 4.69) is 34.7 Å². The van der Waals surface area contributed by atoms with E-state index in [1.165, 1.54) is 69.3 Å². The van der Waals surface area contributed by atoms with Crippen LogP contribution in [0.1, 0.15) is 70.1 Å². The van der Waals surface area contributed by atoms with E-state index in [4.69, 9.17) is 9.47 Å². The Kier molecular flexibility index (Phi) is 7.09. The Balaban J connectivity index is 0.000000645. The van der Waals surface area contributed by atoms with Crippen molar-refractivity contribution in [2.45, 2.75) is 83.5 Å². The number of likely N-dealkylation sites (tertiary alicyclic amines) is 1. The highest BCUT2D eigenvalue weighted by Crippen LogP contribution is 2.35. The number of fused-ring (bicyclic) bond motifs is 1. The molecule has 5 rings (SSSR count). The maximum absolute atomic E-state index is 6.23. The Morgan fingerprint density at radius 2 is 1.97 bits per heavy atom. The molecule has 29 heavy (non-hydrogen) atoms. The van der Waals surface area contributed by atoms with Gasteiger partial charge in [-0.15, -0.1) is 0 Å². The zero-order valence-electron chi connectivity index (χ0n) is 18.5. The zero-order chi connectivity index (χ0) is 20.1. The third-order valence-electron chi connectivity index (χ3n) is 6.65. The van der Waals surface area contributed by atoms with Crippen LogP contribution in [-0.2, 0) is 17.7 Å². The van der Waals surface area contributed by atoms with Crippen molar-refractivity contribution in [3.8, 4) is 5.75 Å². The zero-order valence-corrected chi connectivity index (χ0v) is 18.5. The van der Waals surface area contributed by atoms with Crippen molar-refractivity contribution in [1.29, 1.82) is 0 Å². The van der Waals surface area contributed by atoms with Gasteiger partial charge in [0.15, 0.2) is 0 Å². The van der Waals surface area contributed by atoms with Crippen LogP contribution in [0.3, 0.4) is 0 Å². The Morgan fingerprint density at radius 1 is 1.17 bits per heavy atom. The van der Waals surface area contributed by atoms with Crippen molar-refractivity contribution < 1.29 is 9.47 Å². The second-order valence-electron chi connectivity index (χ2n) is 9.34. The molecule has 162 valence electrons. The molecule has 3 aliphatic heterocycles. The first-order valence-corrected chi connectivity index (χ1v) is 11.9. The van der Waals surface area contributed by atoms with Crippen LogP contribution in [0.4, 0.5) is 0 Å². The van der Waals surface area contributed by atoms with Crippen molar-refractivity contribution in [3.63, 3.8) is 0 Å². The average Bonchev–Trinajstić information content (AvgIpc) is 3.15. The average molecular weight is 402 g/mol. The molecule has 1 aliphatic carbocycles. The van der Waals surface area contributed by atoms with E-state index < -0.39 is 0 Å². The molecule has 0 aromatic carbocycles. The van der Waals surface area contributed by atoms with E-state index in [-0.39, 0.29) is 5.60 Å². The molecule has 1 aromatic heterocycles. The van der Waals surface area contributed by atoms with Crippen LogP contribution in [0.25, 0.3) is 0 Å². The van der Waals surface area contributed by atoms with Crippen molar-refractivity contribution in [1.82, 2.24) is 14.8 Å². The van der Waals surface area contributed by atoms with E-state index in [1.807, 2.05) is 6.20 Å². The fraction of sp³-hybridized carbons (Fsp3) is 0.792. The van der Waals surface area contributed by atoms with Crippen molar-refractivity contribution in [3.05, 3.63) is 23.5 Å². The molecule has 1 aromatic rings. The van der Waals surface area contributed by atoms with Crippen LogP contribution in [0.5, 0.6) is 5.75 Å². The molecule has 3 fully saturated rings. The molecule has 1 saturated carbocycles. The summed E-state index contributed by atoms with van der Waals surface area (Å²) in [7, 11) is 0. The Hall–Kier alpha value is -1.17. The molecule has 4 heterocycles. The number of rotatable bonds is 6. The summed E-state index contributed by atoms with van der Waals surface area (Å²) >= 11 is 0. The fourth-order valence-electron chi connectivity index (χ4n) is 4.89. The quantitative estimate of drug-likeness (QED) is 0.719. The lowest BCUT2D eigenvalue weighted by Gasteiger charge is -2.47. The molecule has 0 amide bonds. The first-order chi connectivity index (χ1) is 14.2. The van der Waals surface area contributed by atoms with Gasteiger partial charge in [-0.1, -0.05) is 20.3 Å². The number of nitrogens with zero attached hydrogens (tertiary/aromatic N) is 3. The van der Waals surface area contributed by atoms with Gasteiger partial charge in [-0.3, -0.25) is 14.8 Å². The number of pyridine rings is 1. The standard InChI is InChI=1S/C21H31N3O2.C3H8/c1-4-17(5-1)26-20-6-9-22-19-7-12-23(14-18(19)20)10-3-11-24-15-21(16-24)8-2-13-25-21;1-3-2/h6,9,17H,1-5,7-8,10-16H2;3H2,1-2H3. The van der Waals surface area contributed by atoms with Gasteiger partial charge in [0.1, 0.15) is 5.75 Å². The summed E-state index contributed by atoms with van der Waals surface area (Å²) in [5.41, 5.74) is 2.83. The lowest BCUT2D eigenvalue weighted by atomic mass is 9.91. The second-order valence-corrected chi connectivity index (χ2v) is 9.34. The Bertz CT molecular complexity index is 648. The summed E-state index contributed by atoms with van der Waals surface area (Å²) in [6, 6.07) is 2.07. The summed E-state index contributed by atoms with van der Waals surface area (Å²) < 4.78 is 12.2. The van der Waals surface area contributed by atoms with Gasteiger partial charge in [0.25, 0.3) is 0 Å². The van der Waals surface area contributed by atoms with Crippen molar-refractivity contribution >= 4 is 0 Å². The van der Waals surface area contributed by atoms with Crippen LogP contribution in [-0.4, -0.2) is 65.8 Å². The van der Waals surface area contributed by atoms with Gasteiger partial charge in [-0.05, 0) is 57.7 Å². The number of hydrogen-bond donors (Lipinski definition) is 0. The Morgan fingerprint density at radius 3 is 2.66 bits per heavy atom. The van der Waals surface area contributed by atoms with Gasteiger partial charge >= 0.3 is 0 Å². The number of ether oxygens (including phenoxy) is 2. The summed E-state index contributed by atoms with van der Waals surface area (Å²) in [6.45, 7) is 12.0. The molecule has 5 heteroatoms. The van der Waals surface area contributed by atoms with Gasteiger partial charge in [0, 0.05) is 56.7 Å². The van der Waals surface area contributed by atoms with E-state index in [0.717, 1.165) is 45.0 Å². The number of hydrogen-bond acceptors (Lipinski definition) is 5. The Labute approximate surface area is 176 Å². The minimum Gasteiger partial charge on any atom is -0.490 e. The van der Waals surface area contributed by atoms with Gasteiger partial charge in [-0.2, -0.15) is 0 Å². The smallest absolute Gasteiger partial charge is 0.127 e. The van der Waals surface area contributed by atoms with Crippen LogP contribution in [0.2, 0.25) is 0 Å². The van der Waals surface area contributed by atoms with Crippen LogP contribution in [0.15, 0.2) is 12.3 Å². The van der Waals surface area contributed by atoms with Crippen LogP contribution >= 0.6 is 0 Å². The minimum absolute atomic E-state index is 0.240. The summed E-state index contributed by atoms with van der Waals surface area (Å²) in [4.78, 5) is 9.76. The van der Waals surface area contributed by atoms with Crippen LogP contribution < -0.4 is 4.74 Å². The molecule has 0 radical (unpaired) electrons. The van der Waals surface area contributed by atoms with Gasteiger partial charge in [-0.25, -0.2) is 0 Å². The largest absolute Gasteiger partial charge is 0.490 e. The van der Waals surface area contributed by atoms with Crippen molar-refractivity contribution in [2.24, 2.45) is 0 Å². The molecular weight excluding hydrogens is 362 g/mol. The highest BCUT2D eigenvalue weighted by atomic mass is 16.5. The lowest BCUT2D eigenvalue weighted by Crippen LogP contribution is -2.61. The molecule has 1 spiro atoms. The third kappa shape index (κ3) is 5.12. The maximum atomic E-state index is 6.23. The number of aromatic nitrogens is 1. The molecule has 0 N–H and O–H groups in total. The molecular formula is C24H39N3O2. The minimum atomic E-state index is 0.240. The first kappa shape index (κ1) is 21.1. The second kappa shape index (κ2) is 9.76. The molecule has 4 aliphatic rings. The van der Waals surface area contributed by atoms with E-state index in [0.29, 0.717) is 6.10 Å². The first-order valence-electron chi connectivity index (χ1n) is 11.9. The van der Waals surface area contributed by atoms with Gasteiger partial charge < -0.3 is 9.47 Å². The normalized spacial score (nSPS) is 23.7. The topological polar surface area (TPSA) is 37.8 Å². The molecule has 2 saturated heterocycles. The third-order valence-corrected chi connectivity index (χ3v) is 6.65. The van der Waals surface area contributed by atoms with Crippen LogP contribution in [0, 0.1) is 0 Å². The summed E-state index contributed by atoms with van der Waals surface area (Å²) in [5.74, 6) is 1.09. The predicted molar refractivity (Wildman–Crippen MR) is 116 cm³/mol. The van der Waals surface area contributed by atoms with E-state index in [1.54, 1.807) is 0 Å². The molecule has 0 bridgehead atoms. The maximum Gasteiger partial charge on any atom is 0.127 e. The molecule has 0 atom stereocenters. The van der Waals surface area contributed by atoms with Gasteiger partial charge in [0.05, 0.1) is 11.7 Å². The summed E-state index contributed by atoms with van der Waals surface area (Å²) in [5, 5.41) is 0. The highest BCUT2D eigenvalue weighted by Gasteiger charge is 2.45. The summed E-state index contributed by atoms with van der Waals surface area (Å²) in [6.07, 6.45) is 12.2. The molecule has 5 nitrogen and oxygen atoms in total.